The molecule has 2 fully saturated rings. The number of piperazine rings is 1. The zero-order valence-electron chi connectivity index (χ0n) is 15.4. The molecule has 1 saturated heterocycles. The highest BCUT2D eigenvalue weighted by Gasteiger charge is 2.65. The molecule has 1 heterocycles. The predicted octanol–water partition coefficient (Wildman–Crippen LogP) is 1.37. The molecule has 140 valence electrons. The van der Waals surface area contributed by atoms with Crippen molar-refractivity contribution in [1.29, 1.82) is 0 Å². The first-order valence-electron chi connectivity index (χ1n) is 8.83. The SMILES string of the molecule is CN1CCN(C(=O)c2ccc(NC(=O)C3C(C(=O)O)C3(C)C)cc2)CC1. The summed E-state index contributed by atoms with van der Waals surface area (Å²) in [5.41, 5.74) is 0.618. The summed E-state index contributed by atoms with van der Waals surface area (Å²) in [5, 5.41) is 11.9. The fraction of sp³-hybridized carbons (Fsp3) is 0.526. The van der Waals surface area contributed by atoms with Crippen LogP contribution in [0.3, 0.4) is 0 Å². The lowest BCUT2D eigenvalue weighted by Crippen LogP contribution is -2.47. The van der Waals surface area contributed by atoms with Gasteiger partial charge in [-0.05, 0) is 36.7 Å². The van der Waals surface area contributed by atoms with Crippen LogP contribution in [0.5, 0.6) is 0 Å². The fourth-order valence-electron chi connectivity index (χ4n) is 3.70. The molecule has 1 saturated carbocycles. The van der Waals surface area contributed by atoms with Gasteiger partial charge in [0.25, 0.3) is 5.91 Å². The summed E-state index contributed by atoms with van der Waals surface area (Å²) in [7, 11) is 2.04. The molecule has 0 spiro atoms. The van der Waals surface area contributed by atoms with Gasteiger partial charge in [0.05, 0.1) is 11.8 Å². The summed E-state index contributed by atoms with van der Waals surface area (Å²) in [4.78, 5) is 40.1. The summed E-state index contributed by atoms with van der Waals surface area (Å²) >= 11 is 0. The van der Waals surface area contributed by atoms with Crippen LogP contribution in [0.15, 0.2) is 24.3 Å². The van der Waals surface area contributed by atoms with Crippen molar-refractivity contribution >= 4 is 23.5 Å². The summed E-state index contributed by atoms with van der Waals surface area (Å²) in [6, 6.07) is 6.77. The number of carboxylic acid groups (broad SMARTS) is 1. The van der Waals surface area contributed by atoms with Crippen LogP contribution in [0.25, 0.3) is 0 Å². The molecule has 3 rings (SSSR count). The van der Waals surface area contributed by atoms with E-state index in [1.807, 2.05) is 11.9 Å². The molecule has 1 aliphatic carbocycles. The van der Waals surface area contributed by atoms with E-state index >= 15 is 0 Å². The molecule has 0 aromatic heterocycles. The van der Waals surface area contributed by atoms with Gasteiger partial charge in [-0.25, -0.2) is 0 Å². The first-order chi connectivity index (χ1) is 12.2. The van der Waals surface area contributed by atoms with Gasteiger partial charge in [-0.15, -0.1) is 0 Å². The Morgan fingerprint density at radius 3 is 2.12 bits per heavy atom. The van der Waals surface area contributed by atoms with Crippen LogP contribution in [0.1, 0.15) is 24.2 Å². The predicted molar refractivity (Wildman–Crippen MR) is 96.9 cm³/mol. The van der Waals surface area contributed by atoms with Gasteiger partial charge in [0, 0.05) is 37.4 Å². The topological polar surface area (TPSA) is 90.0 Å². The van der Waals surface area contributed by atoms with E-state index in [0.29, 0.717) is 24.3 Å². The average Bonchev–Trinajstić information content (AvgIpc) is 3.18. The van der Waals surface area contributed by atoms with Crippen molar-refractivity contribution in [3.05, 3.63) is 29.8 Å². The lowest BCUT2D eigenvalue weighted by atomic mass is 10.1. The van der Waals surface area contributed by atoms with E-state index in [4.69, 9.17) is 0 Å². The van der Waals surface area contributed by atoms with Crippen LogP contribution in [-0.2, 0) is 9.59 Å². The van der Waals surface area contributed by atoms with Crippen molar-refractivity contribution in [2.75, 3.05) is 38.5 Å². The maximum Gasteiger partial charge on any atom is 0.307 e. The van der Waals surface area contributed by atoms with Gasteiger partial charge in [-0.2, -0.15) is 0 Å². The van der Waals surface area contributed by atoms with Gasteiger partial charge >= 0.3 is 5.97 Å². The number of hydrogen-bond donors (Lipinski definition) is 2. The molecule has 26 heavy (non-hydrogen) atoms. The van der Waals surface area contributed by atoms with Crippen LogP contribution >= 0.6 is 0 Å². The fourth-order valence-corrected chi connectivity index (χ4v) is 3.70. The summed E-state index contributed by atoms with van der Waals surface area (Å²) in [6.45, 7) is 6.72. The highest BCUT2D eigenvalue weighted by Crippen LogP contribution is 2.58. The summed E-state index contributed by atoms with van der Waals surface area (Å²) in [6.07, 6.45) is 0. The molecule has 2 atom stereocenters. The quantitative estimate of drug-likeness (QED) is 0.847. The number of nitrogens with zero attached hydrogens (tertiary/aromatic N) is 2. The third-order valence-corrected chi connectivity index (χ3v) is 5.57. The number of likely N-dealkylation sites (N-methyl/N-ethyl adjacent to an activating group) is 1. The monoisotopic (exact) mass is 359 g/mol. The van der Waals surface area contributed by atoms with E-state index in [9.17, 15) is 19.5 Å². The number of hydrogen-bond acceptors (Lipinski definition) is 4. The zero-order valence-corrected chi connectivity index (χ0v) is 15.4. The average molecular weight is 359 g/mol. The van der Waals surface area contributed by atoms with Gasteiger partial charge in [-0.1, -0.05) is 13.8 Å². The first kappa shape index (κ1) is 18.4. The van der Waals surface area contributed by atoms with Crippen LogP contribution in [0, 0.1) is 17.3 Å². The lowest BCUT2D eigenvalue weighted by molar-refractivity contribution is -0.140. The highest BCUT2D eigenvalue weighted by molar-refractivity contribution is 6.00. The van der Waals surface area contributed by atoms with Gasteiger partial charge in [-0.3, -0.25) is 14.4 Å². The highest BCUT2D eigenvalue weighted by atomic mass is 16.4. The smallest absolute Gasteiger partial charge is 0.307 e. The van der Waals surface area contributed by atoms with E-state index in [2.05, 4.69) is 10.2 Å². The Kier molecular flexibility index (Phi) is 4.75. The number of anilines is 1. The number of carboxylic acids is 1. The van der Waals surface area contributed by atoms with Crippen molar-refractivity contribution in [1.82, 2.24) is 9.80 Å². The van der Waals surface area contributed by atoms with Crippen LogP contribution in [0.2, 0.25) is 0 Å². The first-order valence-corrected chi connectivity index (χ1v) is 8.83. The molecule has 1 aromatic carbocycles. The largest absolute Gasteiger partial charge is 0.481 e. The minimum absolute atomic E-state index is 0.00903. The molecule has 1 aliphatic heterocycles. The van der Waals surface area contributed by atoms with Crippen LogP contribution < -0.4 is 5.32 Å². The second-order valence-electron chi connectivity index (χ2n) is 7.78. The van der Waals surface area contributed by atoms with Crippen molar-refractivity contribution < 1.29 is 19.5 Å². The lowest BCUT2D eigenvalue weighted by Gasteiger charge is -2.32. The number of benzene rings is 1. The third kappa shape index (κ3) is 3.44. The van der Waals surface area contributed by atoms with E-state index in [1.54, 1.807) is 38.1 Å². The minimum Gasteiger partial charge on any atom is -0.481 e. The van der Waals surface area contributed by atoms with E-state index in [0.717, 1.165) is 13.1 Å². The van der Waals surface area contributed by atoms with Gasteiger partial charge in [0.1, 0.15) is 0 Å². The number of nitrogens with one attached hydrogen (secondary N) is 1. The molecular formula is C19H25N3O4. The Hall–Kier alpha value is -2.41. The molecule has 2 aliphatic rings. The van der Waals surface area contributed by atoms with Crippen molar-refractivity contribution in [2.24, 2.45) is 17.3 Å². The molecule has 7 nitrogen and oxygen atoms in total. The maximum absolute atomic E-state index is 12.5. The van der Waals surface area contributed by atoms with E-state index < -0.39 is 23.2 Å². The number of aliphatic carboxylic acids is 1. The van der Waals surface area contributed by atoms with Crippen molar-refractivity contribution in [3.63, 3.8) is 0 Å². The standard InChI is InChI=1S/C19H25N3O4/c1-19(2)14(15(19)18(25)26)16(23)20-13-6-4-12(5-7-13)17(24)22-10-8-21(3)9-11-22/h4-7,14-15H,8-11H2,1-3H3,(H,20,23)(H,25,26). The van der Waals surface area contributed by atoms with Crippen LogP contribution in [-0.4, -0.2) is 65.9 Å². The second-order valence-corrected chi connectivity index (χ2v) is 7.78. The second kappa shape index (κ2) is 6.72. The number of carbonyl (C=O) groups is 3. The Balaban J connectivity index is 1.61. The zero-order chi connectivity index (χ0) is 19.1. The number of rotatable bonds is 4. The molecular weight excluding hydrogens is 334 g/mol. The summed E-state index contributed by atoms with van der Waals surface area (Å²) in [5.74, 6) is -2.43. The Bertz CT molecular complexity index is 721. The normalized spacial score (nSPS) is 24.8. The van der Waals surface area contributed by atoms with Gasteiger partial charge in [0.2, 0.25) is 5.91 Å². The summed E-state index contributed by atoms with van der Waals surface area (Å²) < 4.78 is 0. The molecule has 2 unspecified atom stereocenters. The van der Waals surface area contributed by atoms with Gasteiger partial charge < -0.3 is 20.2 Å². The molecule has 2 N–H and O–H groups in total. The van der Waals surface area contributed by atoms with Crippen molar-refractivity contribution in [2.45, 2.75) is 13.8 Å². The van der Waals surface area contributed by atoms with Gasteiger partial charge in [0.15, 0.2) is 0 Å². The maximum atomic E-state index is 12.5. The van der Waals surface area contributed by atoms with E-state index in [-0.39, 0.29) is 11.8 Å². The molecule has 2 amide bonds. The number of amides is 2. The van der Waals surface area contributed by atoms with Crippen LogP contribution in [0.4, 0.5) is 5.69 Å². The molecule has 7 heteroatoms. The Morgan fingerprint density at radius 1 is 1.04 bits per heavy atom. The molecule has 1 aromatic rings. The molecule has 0 bridgehead atoms. The Morgan fingerprint density at radius 2 is 1.62 bits per heavy atom. The third-order valence-electron chi connectivity index (χ3n) is 5.57. The molecule has 0 radical (unpaired) electrons. The van der Waals surface area contributed by atoms with E-state index in [1.165, 1.54) is 0 Å². The van der Waals surface area contributed by atoms with Crippen molar-refractivity contribution in [3.8, 4) is 0 Å². The number of carbonyl (C=O) groups excluding carboxylic acids is 2. The minimum atomic E-state index is -0.941. The Labute approximate surface area is 153 Å².